The molecule has 1 heterocycles. The van der Waals surface area contributed by atoms with Gasteiger partial charge in [-0.25, -0.2) is 13.1 Å². The first-order valence-electron chi connectivity index (χ1n) is 7.07. The molecule has 1 aliphatic heterocycles. The summed E-state index contributed by atoms with van der Waals surface area (Å²) < 4.78 is 32.2. The number of benzene rings is 1. The van der Waals surface area contributed by atoms with Gasteiger partial charge in [0.2, 0.25) is 10.0 Å². The van der Waals surface area contributed by atoms with Gasteiger partial charge in [-0.1, -0.05) is 19.4 Å². The van der Waals surface area contributed by atoms with Crippen LogP contribution in [0.3, 0.4) is 0 Å². The van der Waals surface area contributed by atoms with Gasteiger partial charge >= 0.3 is 0 Å². The Bertz CT molecular complexity index is 543. The lowest BCUT2D eigenvalue weighted by Gasteiger charge is -2.09. The topological polar surface area (TPSA) is 67.4 Å². The molecular formula is C14H22N2O3S. The maximum atomic E-state index is 12.1. The van der Waals surface area contributed by atoms with Gasteiger partial charge in [-0.05, 0) is 30.5 Å². The highest BCUT2D eigenvalue weighted by Crippen LogP contribution is 2.25. The molecule has 0 unspecified atom stereocenters. The van der Waals surface area contributed by atoms with E-state index in [9.17, 15) is 8.42 Å². The summed E-state index contributed by atoms with van der Waals surface area (Å²) in [6, 6.07) is 5.23. The van der Waals surface area contributed by atoms with Gasteiger partial charge in [-0.2, -0.15) is 0 Å². The third-order valence-electron chi connectivity index (χ3n) is 3.28. The highest BCUT2D eigenvalue weighted by atomic mass is 32.2. The molecule has 112 valence electrons. The van der Waals surface area contributed by atoms with Crippen molar-refractivity contribution >= 4 is 15.7 Å². The standard InChI is InChI=1S/C14H22N2O3S/c1-2-3-9-19-10-8-16-20(17,18)13-5-4-12-6-7-15-14(12)11-13/h4-5,11,15-16H,2-3,6-10H2,1H3. The molecule has 1 aromatic carbocycles. The monoisotopic (exact) mass is 298 g/mol. The smallest absolute Gasteiger partial charge is 0.240 e. The van der Waals surface area contributed by atoms with Crippen LogP contribution < -0.4 is 10.0 Å². The molecule has 0 amide bonds. The summed E-state index contributed by atoms with van der Waals surface area (Å²) in [5.41, 5.74) is 2.10. The van der Waals surface area contributed by atoms with Crippen molar-refractivity contribution in [2.75, 3.05) is 31.6 Å². The van der Waals surface area contributed by atoms with Crippen molar-refractivity contribution in [3.8, 4) is 0 Å². The molecule has 1 aromatic rings. The van der Waals surface area contributed by atoms with Gasteiger partial charge < -0.3 is 10.1 Å². The first kappa shape index (κ1) is 15.3. The number of nitrogens with one attached hydrogen (secondary N) is 2. The summed E-state index contributed by atoms with van der Waals surface area (Å²) in [5, 5.41) is 3.19. The van der Waals surface area contributed by atoms with Crippen LogP contribution in [-0.2, 0) is 21.2 Å². The Morgan fingerprint density at radius 3 is 3.00 bits per heavy atom. The van der Waals surface area contributed by atoms with Crippen molar-refractivity contribution in [1.29, 1.82) is 0 Å². The van der Waals surface area contributed by atoms with E-state index in [-0.39, 0.29) is 0 Å². The van der Waals surface area contributed by atoms with Crippen molar-refractivity contribution in [1.82, 2.24) is 4.72 Å². The Morgan fingerprint density at radius 1 is 1.35 bits per heavy atom. The molecule has 2 rings (SSSR count). The van der Waals surface area contributed by atoms with E-state index in [4.69, 9.17) is 4.74 Å². The van der Waals surface area contributed by atoms with Gasteiger partial charge in [0, 0.05) is 25.4 Å². The fourth-order valence-electron chi connectivity index (χ4n) is 2.12. The van der Waals surface area contributed by atoms with E-state index >= 15 is 0 Å². The Kier molecular flexibility index (Phi) is 5.39. The van der Waals surface area contributed by atoms with Crippen molar-refractivity contribution in [2.45, 2.75) is 31.1 Å². The lowest BCUT2D eigenvalue weighted by molar-refractivity contribution is 0.136. The zero-order valence-electron chi connectivity index (χ0n) is 11.8. The second-order valence-corrected chi connectivity index (χ2v) is 6.63. The van der Waals surface area contributed by atoms with Crippen LogP contribution in [0.15, 0.2) is 23.1 Å². The molecule has 0 saturated carbocycles. The van der Waals surface area contributed by atoms with E-state index in [2.05, 4.69) is 17.0 Å². The Labute approximate surface area is 120 Å². The first-order chi connectivity index (χ1) is 9.63. The molecule has 0 fully saturated rings. The largest absolute Gasteiger partial charge is 0.384 e. The predicted octanol–water partition coefficient (Wildman–Crippen LogP) is 1.75. The van der Waals surface area contributed by atoms with Crippen LogP contribution in [-0.4, -0.2) is 34.7 Å². The molecule has 0 bridgehead atoms. The van der Waals surface area contributed by atoms with Crippen LogP contribution in [0.2, 0.25) is 0 Å². The predicted molar refractivity (Wildman–Crippen MR) is 79.6 cm³/mol. The number of sulfonamides is 1. The summed E-state index contributed by atoms with van der Waals surface area (Å²) in [6.45, 7) is 4.35. The van der Waals surface area contributed by atoms with Crippen LogP contribution in [0, 0.1) is 0 Å². The molecule has 0 spiro atoms. The second-order valence-electron chi connectivity index (χ2n) is 4.86. The maximum Gasteiger partial charge on any atom is 0.240 e. The third-order valence-corrected chi connectivity index (χ3v) is 4.74. The maximum absolute atomic E-state index is 12.1. The van der Waals surface area contributed by atoms with E-state index in [0.717, 1.165) is 31.5 Å². The molecule has 0 atom stereocenters. The average molecular weight is 298 g/mol. The summed E-state index contributed by atoms with van der Waals surface area (Å²) in [4.78, 5) is 0.305. The minimum atomic E-state index is -3.44. The van der Waals surface area contributed by atoms with E-state index in [1.165, 1.54) is 5.56 Å². The zero-order valence-corrected chi connectivity index (χ0v) is 12.6. The van der Waals surface area contributed by atoms with Crippen molar-refractivity contribution in [3.63, 3.8) is 0 Å². The third kappa shape index (κ3) is 3.94. The van der Waals surface area contributed by atoms with Gasteiger partial charge in [-0.3, -0.25) is 0 Å². The Hall–Kier alpha value is -1.11. The van der Waals surface area contributed by atoms with Crippen molar-refractivity contribution in [3.05, 3.63) is 23.8 Å². The minimum absolute atomic E-state index is 0.302. The van der Waals surface area contributed by atoms with Crippen LogP contribution in [0.25, 0.3) is 0 Å². The fourth-order valence-corrected chi connectivity index (χ4v) is 3.16. The number of ether oxygens (including phenoxy) is 1. The quantitative estimate of drug-likeness (QED) is 0.718. The number of fused-ring (bicyclic) bond motifs is 1. The summed E-state index contributed by atoms with van der Waals surface area (Å²) in [6.07, 6.45) is 3.03. The molecule has 5 nitrogen and oxygen atoms in total. The highest BCUT2D eigenvalue weighted by Gasteiger charge is 2.17. The molecule has 0 saturated heterocycles. The summed E-state index contributed by atoms with van der Waals surface area (Å²) >= 11 is 0. The normalized spacial score (nSPS) is 14.1. The Balaban J connectivity index is 1.87. The van der Waals surface area contributed by atoms with Crippen LogP contribution in [0.4, 0.5) is 5.69 Å². The van der Waals surface area contributed by atoms with E-state index in [0.29, 0.717) is 24.7 Å². The van der Waals surface area contributed by atoms with Crippen molar-refractivity contribution < 1.29 is 13.2 Å². The highest BCUT2D eigenvalue weighted by molar-refractivity contribution is 7.89. The van der Waals surface area contributed by atoms with E-state index in [1.807, 2.05) is 6.07 Å². The van der Waals surface area contributed by atoms with Gasteiger partial charge in [0.1, 0.15) is 0 Å². The fraction of sp³-hybridized carbons (Fsp3) is 0.571. The SMILES string of the molecule is CCCCOCCNS(=O)(=O)c1ccc2c(c1)NCC2. The van der Waals surface area contributed by atoms with Crippen LogP contribution >= 0.6 is 0 Å². The lowest BCUT2D eigenvalue weighted by Crippen LogP contribution is -2.27. The number of unbranched alkanes of at least 4 members (excludes halogenated alkanes) is 1. The molecule has 0 aliphatic carbocycles. The molecule has 6 heteroatoms. The Morgan fingerprint density at radius 2 is 2.20 bits per heavy atom. The number of hydrogen-bond donors (Lipinski definition) is 2. The van der Waals surface area contributed by atoms with E-state index < -0.39 is 10.0 Å². The average Bonchev–Trinajstić information content (AvgIpc) is 2.90. The molecule has 1 aliphatic rings. The molecule has 20 heavy (non-hydrogen) atoms. The molecule has 0 aromatic heterocycles. The second kappa shape index (κ2) is 7.06. The summed E-state index contributed by atoms with van der Waals surface area (Å²) in [5.74, 6) is 0. The van der Waals surface area contributed by atoms with Gasteiger partial charge in [0.05, 0.1) is 11.5 Å². The number of hydrogen-bond acceptors (Lipinski definition) is 4. The van der Waals surface area contributed by atoms with Crippen molar-refractivity contribution in [2.24, 2.45) is 0 Å². The van der Waals surface area contributed by atoms with Gasteiger partial charge in [0.15, 0.2) is 0 Å². The lowest BCUT2D eigenvalue weighted by atomic mass is 10.2. The zero-order chi connectivity index (χ0) is 14.4. The van der Waals surface area contributed by atoms with Gasteiger partial charge in [-0.15, -0.1) is 0 Å². The first-order valence-corrected chi connectivity index (χ1v) is 8.56. The number of rotatable bonds is 8. The van der Waals surface area contributed by atoms with Crippen LogP contribution in [0.5, 0.6) is 0 Å². The molecular weight excluding hydrogens is 276 g/mol. The van der Waals surface area contributed by atoms with Crippen LogP contribution in [0.1, 0.15) is 25.3 Å². The van der Waals surface area contributed by atoms with Gasteiger partial charge in [0.25, 0.3) is 0 Å². The molecule has 0 radical (unpaired) electrons. The summed E-state index contributed by atoms with van der Waals surface area (Å²) in [7, 11) is -3.44. The van der Waals surface area contributed by atoms with E-state index in [1.54, 1.807) is 12.1 Å². The minimum Gasteiger partial charge on any atom is -0.384 e. The number of anilines is 1. The molecule has 2 N–H and O–H groups in total.